The van der Waals surface area contributed by atoms with Crippen molar-refractivity contribution in [2.45, 2.75) is 6.54 Å². The van der Waals surface area contributed by atoms with Crippen LogP contribution in [0.1, 0.15) is 5.56 Å². The second kappa shape index (κ2) is 7.27. The molecule has 1 N–H and O–H groups in total. The van der Waals surface area contributed by atoms with Crippen LogP contribution in [0.5, 0.6) is 17.2 Å². The standard InChI is InChI=1S/C20H18N4O5/c1-27-12-6-4-11(5-7-12)10-24-18-17(22-23-24)19(25)13-8-15(28-2)16(29-3)9-14(13)21-20(18)26/h4-9H,10H2,1-3H3,(H,21,26). The maximum Gasteiger partial charge on any atom is 0.276 e. The van der Waals surface area contributed by atoms with E-state index in [1.807, 2.05) is 24.3 Å². The Hall–Kier alpha value is -3.88. The van der Waals surface area contributed by atoms with Gasteiger partial charge < -0.3 is 19.2 Å². The van der Waals surface area contributed by atoms with E-state index >= 15 is 0 Å². The van der Waals surface area contributed by atoms with Gasteiger partial charge in [-0.2, -0.15) is 0 Å². The van der Waals surface area contributed by atoms with Crippen molar-refractivity contribution >= 4 is 21.9 Å². The molecule has 2 aromatic carbocycles. The Morgan fingerprint density at radius 3 is 2.31 bits per heavy atom. The third-order valence-electron chi connectivity index (χ3n) is 4.67. The van der Waals surface area contributed by atoms with E-state index in [9.17, 15) is 9.59 Å². The van der Waals surface area contributed by atoms with Crippen LogP contribution in [-0.2, 0) is 6.54 Å². The van der Waals surface area contributed by atoms with Crippen LogP contribution >= 0.6 is 0 Å². The van der Waals surface area contributed by atoms with Crippen LogP contribution in [0.25, 0.3) is 21.9 Å². The van der Waals surface area contributed by atoms with Crippen LogP contribution in [0.3, 0.4) is 0 Å². The maximum atomic E-state index is 13.1. The molecule has 0 radical (unpaired) electrons. The lowest BCUT2D eigenvalue weighted by Crippen LogP contribution is -2.11. The van der Waals surface area contributed by atoms with Gasteiger partial charge in [0.15, 0.2) is 22.5 Å². The third kappa shape index (κ3) is 3.16. The Kier molecular flexibility index (Phi) is 4.63. The molecule has 0 saturated carbocycles. The van der Waals surface area contributed by atoms with Crippen LogP contribution in [0, 0.1) is 0 Å². The van der Waals surface area contributed by atoms with Crippen molar-refractivity contribution in [2.75, 3.05) is 21.3 Å². The predicted octanol–water partition coefficient (Wildman–Crippen LogP) is 1.71. The molecule has 9 nitrogen and oxygen atoms in total. The van der Waals surface area contributed by atoms with Crippen molar-refractivity contribution in [1.82, 2.24) is 20.0 Å². The molecule has 29 heavy (non-hydrogen) atoms. The summed E-state index contributed by atoms with van der Waals surface area (Å²) in [6.07, 6.45) is 0. The fraction of sp³-hybridized carbons (Fsp3) is 0.200. The summed E-state index contributed by atoms with van der Waals surface area (Å²) in [6.45, 7) is 0.274. The van der Waals surface area contributed by atoms with Crippen molar-refractivity contribution in [3.05, 3.63) is 62.5 Å². The molecule has 0 fully saturated rings. The van der Waals surface area contributed by atoms with E-state index in [2.05, 4.69) is 15.3 Å². The number of fused-ring (bicyclic) bond motifs is 2. The molecule has 9 heteroatoms. The maximum absolute atomic E-state index is 13.1. The topological polar surface area (TPSA) is 108 Å². The summed E-state index contributed by atoms with van der Waals surface area (Å²) in [4.78, 5) is 28.7. The summed E-state index contributed by atoms with van der Waals surface area (Å²) in [7, 11) is 4.54. The number of rotatable bonds is 5. The van der Waals surface area contributed by atoms with Gasteiger partial charge in [-0.3, -0.25) is 9.59 Å². The molecule has 0 aliphatic carbocycles. The Labute approximate surface area is 164 Å². The quantitative estimate of drug-likeness (QED) is 0.549. The van der Waals surface area contributed by atoms with Crippen LogP contribution in [0.2, 0.25) is 0 Å². The number of aromatic amines is 1. The summed E-state index contributed by atoms with van der Waals surface area (Å²) >= 11 is 0. The van der Waals surface area contributed by atoms with Crippen molar-refractivity contribution in [3.63, 3.8) is 0 Å². The SMILES string of the molecule is COc1ccc(Cn2nnc3c(=O)c4cc(OC)c(OC)cc4[nH]c(=O)c32)cc1. The minimum Gasteiger partial charge on any atom is -0.497 e. The van der Waals surface area contributed by atoms with E-state index in [1.165, 1.54) is 25.0 Å². The highest BCUT2D eigenvalue weighted by Gasteiger charge is 2.16. The molecule has 2 heterocycles. The fourth-order valence-electron chi connectivity index (χ4n) is 3.18. The zero-order chi connectivity index (χ0) is 20.5. The molecule has 0 bridgehead atoms. The monoisotopic (exact) mass is 394 g/mol. The molecular formula is C20H18N4O5. The van der Waals surface area contributed by atoms with Crippen molar-refractivity contribution in [3.8, 4) is 17.2 Å². The lowest BCUT2D eigenvalue weighted by molar-refractivity contribution is 0.356. The van der Waals surface area contributed by atoms with Crippen molar-refractivity contribution in [2.24, 2.45) is 0 Å². The molecule has 4 rings (SSSR count). The first-order valence-electron chi connectivity index (χ1n) is 8.74. The van der Waals surface area contributed by atoms with Gasteiger partial charge >= 0.3 is 0 Å². The predicted molar refractivity (Wildman–Crippen MR) is 107 cm³/mol. The van der Waals surface area contributed by atoms with Gasteiger partial charge in [-0.1, -0.05) is 17.3 Å². The molecule has 4 aromatic rings. The van der Waals surface area contributed by atoms with E-state index in [4.69, 9.17) is 14.2 Å². The fourth-order valence-corrected chi connectivity index (χ4v) is 3.18. The van der Waals surface area contributed by atoms with Crippen LogP contribution in [-0.4, -0.2) is 41.3 Å². The van der Waals surface area contributed by atoms with E-state index < -0.39 is 11.0 Å². The number of aromatic nitrogens is 4. The van der Waals surface area contributed by atoms with Crippen molar-refractivity contribution in [1.29, 1.82) is 0 Å². The number of hydrogen-bond donors (Lipinski definition) is 1. The van der Waals surface area contributed by atoms with Crippen LogP contribution < -0.4 is 25.2 Å². The number of nitrogens with one attached hydrogen (secondary N) is 1. The minimum absolute atomic E-state index is 0.0121. The van der Waals surface area contributed by atoms with Gasteiger partial charge in [-0.15, -0.1) is 5.10 Å². The normalized spacial score (nSPS) is 11.0. The summed E-state index contributed by atoms with van der Waals surface area (Å²) < 4.78 is 17.1. The van der Waals surface area contributed by atoms with Gasteiger partial charge in [0.2, 0.25) is 5.43 Å². The van der Waals surface area contributed by atoms with Gasteiger partial charge in [0, 0.05) is 6.07 Å². The Morgan fingerprint density at radius 1 is 0.966 bits per heavy atom. The van der Waals surface area contributed by atoms with Crippen molar-refractivity contribution < 1.29 is 14.2 Å². The third-order valence-corrected chi connectivity index (χ3v) is 4.67. The van der Waals surface area contributed by atoms with E-state index in [0.717, 1.165) is 11.3 Å². The smallest absolute Gasteiger partial charge is 0.276 e. The number of benzene rings is 2. The van der Waals surface area contributed by atoms with Gasteiger partial charge in [0.1, 0.15) is 5.75 Å². The second-order valence-electron chi connectivity index (χ2n) is 6.33. The highest BCUT2D eigenvalue weighted by molar-refractivity contribution is 5.89. The summed E-state index contributed by atoms with van der Waals surface area (Å²) in [5, 5.41) is 8.26. The van der Waals surface area contributed by atoms with Crippen LogP contribution in [0.4, 0.5) is 0 Å². The second-order valence-corrected chi connectivity index (χ2v) is 6.33. The highest BCUT2D eigenvalue weighted by Crippen LogP contribution is 2.29. The molecule has 0 spiro atoms. The first-order chi connectivity index (χ1) is 14.0. The Bertz CT molecular complexity index is 1330. The number of hydrogen-bond acceptors (Lipinski definition) is 7. The lowest BCUT2D eigenvalue weighted by Gasteiger charge is -2.07. The molecule has 148 valence electrons. The van der Waals surface area contributed by atoms with Gasteiger partial charge in [0.25, 0.3) is 5.56 Å². The molecule has 0 atom stereocenters. The number of methoxy groups -OCH3 is 3. The minimum atomic E-state index is -0.474. The first-order valence-corrected chi connectivity index (χ1v) is 8.74. The average molecular weight is 394 g/mol. The zero-order valence-corrected chi connectivity index (χ0v) is 16.1. The average Bonchev–Trinajstić information content (AvgIpc) is 3.12. The Morgan fingerprint density at radius 2 is 1.66 bits per heavy atom. The summed E-state index contributed by atoms with van der Waals surface area (Å²) in [5.41, 5.74) is 0.394. The largest absolute Gasteiger partial charge is 0.497 e. The summed E-state index contributed by atoms with van der Waals surface area (Å²) in [5.74, 6) is 1.50. The molecule has 0 aliphatic heterocycles. The van der Waals surface area contributed by atoms with Gasteiger partial charge in [-0.05, 0) is 23.8 Å². The molecule has 0 amide bonds. The van der Waals surface area contributed by atoms with E-state index in [-0.39, 0.29) is 23.0 Å². The Balaban J connectivity index is 1.94. The number of nitrogens with zero attached hydrogens (tertiary/aromatic N) is 3. The molecule has 0 saturated heterocycles. The molecule has 2 aromatic heterocycles. The molecule has 0 aliphatic rings. The van der Waals surface area contributed by atoms with E-state index in [1.54, 1.807) is 13.2 Å². The number of H-pyrrole nitrogens is 1. The zero-order valence-electron chi connectivity index (χ0n) is 16.1. The van der Waals surface area contributed by atoms with Crippen LogP contribution in [0.15, 0.2) is 46.0 Å². The van der Waals surface area contributed by atoms with Gasteiger partial charge in [0.05, 0.1) is 38.8 Å². The highest BCUT2D eigenvalue weighted by atomic mass is 16.5. The number of ether oxygens (including phenoxy) is 3. The summed E-state index contributed by atoms with van der Waals surface area (Å²) in [6, 6.07) is 10.4. The first kappa shape index (κ1) is 18.5. The van der Waals surface area contributed by atoms with Gasteiger partial charge in [-0.25, -0.2) is 4.68 Å². The van der Waals surface area contributed by atoms with E-state index in [0.29, 0.717) is 17.0 Å². The molecular weight excluding hydrogens is 376 g/mol. The molecule has 0 unspecified atom stereocenters. The lowest BCUT2D eigenvalue weighted by atomic mass is 10.2.